The molecule has 2 aromatic rings. The Hall–Kier alpha value is -2.98. The minimum Gasteiger partial charge on any atom is -0.490 e. The standard InChI is InChI=1S/C34H46FN3O5S/c1-33(2)19-28(38(5)20-33)31(39)36-23-14-15-24(18-23)43-29-16-13-22(34(3,4)32(40)37-44(6,41)42)17-26(29)25-11-8-12-27(35)30(25)21-9-7-10-21/h8,11-13,16-17,21,23-24,28H,7,9-10,14-15,18-20H2,1-6H3,(H,36,39)(H,37,40)/t23-,24-,28+/m1/s1. The van der Waals surface area contributed by atoms with E-state index in [1.165, 1.54) is 6.07 Å². The molecule has 0 bridgehead atoms. The first-order chi connectivity index (χ1) is 20.5. The molecule has 3 aliphatic rings. The third kappa shape index (κ3) is 6.96. The van der Waals surface area contributed by atoms with Gasteiger partial charge in [-0.05, 0) is 99.2 Å². The number of amides is 2. The number of halogens is 1. The number of carbonyl (C=O) groups is 2. The van der Waals surface area contributed by atoms with Crippen molar-refractivity contribution in [2.24, 2.45) is 5.41 Å². The molecule has 2 N–H and O–H groups in total. The van der Waals surface area contributed by atoms with Gasteiger partial charge in [-0.15, -0.1) is 0 Å². The van der Waals surface area contributed by atoms with E-state index in [9.17, 15) is 18.0 Å². The van der Waals surface area contributed by atoms with Gasteiger partial charge in [-0.25, -0.2) is 12.8 Å². The number of rotatable bonds is 9. The second kappa shape index (κ2) is 12.1. The van der Waals surface area contributed by atoms with Gasteiger partial charge in [0.25, 0.3) is 0 Å². The number of likely N-dealkylation sites (N-methyl/N-ethyl adjacent to an activating group) is 1. The maximum atomic E-state index is 15.4. The van der Waals surface area contributed by atoms with Gasteiger partial charge in [-0.1, -0.05) is 38.5 Å². The Balaban J connectivity index is 1.41. The first kappa shape index (κ1) is 32.4. The topological polar surface area (TPSA) is 105 Å². The molecular formula is C34H46FN3O5S. The first-order valence-electron chi connectivity index (χ1n) is 15.7. The van der Waals surface area contributed by atoms with E-state index in [1.54, 1.807) is 32.0 Å². The van der Waals surface area contributed by atoms with E-state index in [1.807, 2.05) is 19.2 Å². The third-order valence-electron chi connectivity index (χ3n) is 9.69. The fourth-order valence-corrected chi connectivity index (χ4v) is 7.61. The van der Waals surface area contributed by atoms with Crippen LogP contribution in [-0.2, 0) is 25.0 Å². The summed E-state index contributed by atoms with van der Waals surface area (Å²) >= 11 is 0. The Bertz CT molecular complexity index is 1540. The molecule has 44 heavy (non-hydrogen) atoms. The average Bonchev–Trinajstić information content (AvgIpc) is 3.44. The Morgan fingerprint density at radius 2 is 1.80 bits per heavy atom. The summed E-state index contributed by atoms with van der Waals surface area (Å²) < 4.78 is 47.7. The van der Waals surface area contributed by atoms with E-state index in [0.29, 0.717) is 28.9 Å². The number of carbonyl (C=O) groups excluding carboxylic acids is 2. The zero-order valence-corrected chi connectivity index (χ0v) is 27.5. The molecule has 1 aliphatic heterocycles. The SMILES string of the molecule is CN1CC(C)(C)C[C@H]1C(=O)N[C@@H]1CC[C@@H](Oc2ccc(C(C)(C)C(=O)NS(C)(=O)=O)cc2-c2cccc(F)c2C2CCC2)C1. The molecule has 0 spiro atoms. The van der Waals surface area contributed by atoms with Crippen molar-refractivity contribution in [3.8, 4) is 16.9 Å². The van der Waals surface area contributed by atoms with Crippen LogP contribution >= 0.6 is 0 Å². The van der Waals surface area contributed by atoms with E-state index in [4.69, 9.17) is 4.74 Å². The second-order valence-corrected chi connectivity index (χ2v) is 16.2. The molecule has 5 rings (SSSR count). The molecule has 0 radical (unpaired) electrons. The average molecular weight is 628 g/mol. The number of sulfonamides is 1. The Labute approximate surface area is 261 Å². The molecule has 2 aliphatic carbocycles. The minimum atomic E-state index is -3.75. The molecule has 3 atom stereocenters. The lowest BCUT2D eigenvalue weighted by atomic mass is 9.76. The van der Waals surface area contributed by atoms with Gasteiger partial charge in [0.15, 0.2) is 0 Å². The van der Waals surface area contributed by atoms with Gasteiger partial charge in [0, 0.05) is 24.6 Å². The zero-order valence-electron chi connectivity index (χ0n) is 26.7. The predicted molar refractivity (Wildman–Crippen MR) is 169 cm³/mol. The number of ether oxygens (including phenoxy) is 1. The predicted octanol–water partition coefficient (Wildman–Crippen LogP) is 5.26. The van der Waals surface area contributed by atoms with Crippen LogP contribution in [0, 0.1) is 11.2 Å². The first-order valence-corrected chi connectivity index (χ1v) is 17.6. The Kier molecular flexibility index (Phi) is 8.90. The summed E-state index contributed by atoms with van der Waals surface area (Å²) in [7, 11) is -1.75. The van der Waals surface area contributed by atoms with Gasteiger partial charge >= 0.3 is 0 Å². The molecule has 2 saturated carbocycles. The molecule has 2 aromatic carbocycles. The maximum absolute atomic E-state index is 15.4. The molecular weight excluding hydrogens is 581 g/mol. The lowest BCUT2D eigenvalue weighted by Gasteiger charge is -2.30. The van der Waals surface area contributed by atoms with Crippen LogP contribution in [-0.4, -0.2) is 63.2 Å². The summed E-state index contributed by atoms with van der Waals surface area (Å²) in [6.07, 6.45) is 6.71. The van der Waals surface area contributed by atoms with E-state index in [0.717, 1.165) is 56.9 Å². The number of hydrogen-bond donors (Lipinski definition) is 2. The summed E-state index contributed by atoms with van der Waals surface area (Å²) in [5.41, 5.74) is 1.55. The van der Waals surface area contributed by atoms with E-state index in [-0.39, 0.29) is 41.2 Å². The fourth-order valence-electron chi connectivity index (χ4n) is 7.02. The van der Waals surface area contributed by atoms with Crippen molar-refractivity contribution in [1.29, 1.82) is 0 Å². The summed E-state index contributed by atoms with van der Waals surface area (Å²) in [5.74, 6) is -0.166. The van der Waals surface area contributed by atoms with E-state index < -0.39 is 21.3 Å². The monoisotopic (exact) mass is 627 g/mol. The van der Waals surface area contributed by atoms with Crippen LogP contribution in [0.25, 0.3) is 11.1 Å². The molecule has 1 saturated heterocycles. The lowest BCUT2D eigenvalue weighted by Crippen LogP contribution is -2.45. The van der Waals surface area contributed by atoms with Crippen LogP contribution in [0.4, 0.5) is 4.39 Å². The molecule has 1 heterocycles. The van der Waals surface area contributed by atoms with Crippen molar-refractivity contribution in [1.82, 2.24) is 14.9 Å². The number of benzene rings is 2. The summed E-state index contributed by atoms with van der Waals surface area (Å²) in [6.45, 7) is 8.59. The van der Waals surface area contributed by atoms with Crippen LogP contribution in [0.1, 0.15) is 89.7 Å². The number of nitrogens with one attached hydrogen (secondary N) is 2. The van der Waals surface area contributed by atoms with Crippen LogP contribution < -0.4 is 14.8 Å². The van der Waals surface area contributed by atoms with Crippen LogP contribution in [0.15, 0.2) is 36.4 Å². The van der Waals surface area contributed by atoms with Crippen LogP contribution in [0.2, 0.25) is 0 Å². The van der Waals surface area contributed by atoms with Gasteiger partial charge in [-0.2, -0.15) is 0 Å². The van der Waals surface area contributed by atoms with Gasteiger partial charge < -0.3 is 10.1 Å². The molecule has 10 heteroatoms. The van der Waals surface area contributed by atoms with Gasteiger partial charge in [0.05, 0.1) is 17.7 Å². The molecule has 2 amide bonds. The number of hydrogen-bond acceptors (Lipinski definition) is 6. The summed E-state index contributed by atoms with van der Waals surface area (Å²) in [4.78, 5) is 28.3. The quantitative estimate of drug-likeness (QED) is 0.393. The third-order valence-corrected chi connectivity index (χ3v) is 10.2. The molecule has 0 aromatic heterocycles. The van der Waals surface area contributed by atoms with Gasteiger partial charge in [0.1, 0.15) is 17.7 Å². The zero-order chi connectivity index (χ0) is 32.0. The molecule has 3 fully saturated rings. The highest BCUT2D eigenvalue weighted by atomic mass is 32.2. The van der Waals surface area contributed by atoms with Crippen molar-refractivity contribution in [2.45, 2.75) is 102 Å². The fraction of sp³-hybridized carbons (Fsp3) is 0.588. The van der Waals surface area contributed by atoms with Crippen molar-refractivity contribution >= 4 is 21.8 Å². The maximum Gasteiger partial charge on any atom is 0.243 e. The second-order valence-electron chi connectivity index (χ2n) is 14.4. The highest BCUT2D eigenvalue weighted by molar-refractivity contribution is 7.89. The largest absolute Gasteiger partial charge is 0.490 e. The summed E-state index contributed by atoms with van der Waals surface area (Å²) in [5, 5.41) is 3.25. The van der Waals surface area contributed by atoms with Crippen LogP contribution in [0.3, 0.4) is 0 Å². The van der Waals surface area contributed by atoms with Gasteiger partial charge in [0.2, 0.25) is 21.8 Å². The van der Waals surface area contributed by atoms with Crippen LogP contribution in [0.5, 0.6) is 5.75 Å². The minimum absolute atomic E-state index is 0.00524. The van der Waals surface area contributed by atoms with Crippen molar-refractivity contribution in [3.63, 3.8) is 0 Å². The Morgan fingerprint density at radius 1 is 1.07 bits per heavy atom. The van der Waals surface area contributed by atoms with Crippen molar-refractivity contribution in [2.75, 3.05) is 19.8 Å². The Morgan fingerprint density at radius 3 is 2.41 bits per heavy atom. The number of nitrogens with zero attached hydrogens (tertiary/aromatic N) is 1. The van der Waals surface area contributed by atoms with E-state index >= 15 is 4.39 Å². The van der Waals surface area contributed by atoms with Crippen molar-refractivity contribution in [3.05, 3.63) is 53.3 Å². The van der Waals surface area contributed by atoms with E-state index in [2.05, 4.69) is 28.8 Å². The highest BCUT2D eigenvalue weighted by Gasteiger charge is 2.40. The molecule has 0 unspecified atom stereocenters. The summed E-state index contributed by atoms with van der Waals surface area (Å²) in [6, 6.07) is 10.3. The lowest BCUT2D eigenvalue weighted by molar-refractivity contribution is -0.126. The van der Waals surface area contributed by atoms with Gasteiger partial charge in [-0.3, -0.25) is 19.2 Å². The molecule has 8 nitrogen and oxygen atoms in total. The number of likely N-dealkylation sites (tertiary alicyclic amines) is 1. The smallest absolute Gasteiger partial charge is 0.243 e. The molecule has 240 valence electrons. The van der Waals surface area contributed by atoms with Crippen molar-refractivity contribution < 1.29 is 27.1 Å². The highest BCUT2D eigenvalue weighted by Crippen LogP contribution is 2.46. The normalized spacial score (nSPS) is 24.1.